The van der Waals surface area contributed by atoms with Crippen LogP contribution in [0.2, 0.25) is 0 Å². The van der Waals surface area contributed by atoms with E-state index in [4.69, 9.17) is 0 Å². The van der Waals surface area contributed by atoms with Gasteiger partial charge in [-0.05, 0) is 42.0 Å². The van der Waals surface area contributed by atoms with E-state index in [2.05, 4.69) is 4.98 Å². The zero-order valence-corrected chi connectivity index (χ0v) is 14.1. The largest absolute Gasteiger partial charge is 0.333 e. The average molecular weight is 341 g/mol. The highest BCUT2D eigenvalue weighted by molar-refractivity contribution is 7.08. The van der Waals surface area contributed by atoms with Gasteiger partial charge in [-0.1, -0.05) is 0 Å². The van der Waals surface area contributed by atoms with Crippen LogP contribution >= 0.6 is 11.3 Å². The lowest BCUT2D eigenvalue weighted by Gasteiger charge is -2.39. The highest BCUT2D eigenvalue weighted by atomic mass is 32.1. The molecule has 24 heavy (non-hydrogen) atoms. The molecule has 2 aliphatic heterocycles. The van der Waals surface area contributed by atoms with E-state index in [1.54, 1.807) is 23.7 Å². The van der Waals surface area contributed by atoms with E-state index in [9.17, 15) is 9.59 Å². The Morgan fingerprint density at radius 3 is 2.79 bits per heavy atom. The Bertz CT molecular complexity index is 732. The highest BCUT2D eigenvalue weighted by Gasteiger charge is 2.44. The van der Waals surface area contributed by atoms with Gasteiger partial charge in [0.05, 0.1) is 17.6 Å². The fraction of sp³-hybridized carbons (Fsp3) is 0.389. The molecule has 4 heterocycles. The molecule has 0 unspecified atom stereocenters. The van der Waals surface area contributed by atoms with E-state index < -0.39 is 0 Å². The van der Waals surface area contributed by atoms with Gasteiger partial charge < -0.3 is 9.80 Å². The van der Waals surface area contributed by atoms with Crippen molar-refractivity contribution in [3.63, 3.8) is 0 Å². The number of aromatic nitrogens is 1. The Balaban J connectivity index is 1.54. The molecule has 2 fully saturated rings. The van der Waals surface area contributed by atoms with Crippen LogP contribution in [-0.4, -0.2) is 45.2 Å². The summed E-state index contributed by atoms with van der Waals surface area (Å²) in [5.74, 6) is 0.292. The molecule has 0 aliphatic carbocycles. The van der Waals surface area contributed by atoms with Gasteiger partial charge in [-0.2, -0.15) is 11.3 Å². The number of rotatable bonds is 3. The SMILES string of the molecule is O=C1CC[C@H]2[C@H](CCN2C(=O)c2ccsc2)N1Cc1ccncc1. The summed E-state index contributed by atoms with van der Waals surface area (Å²) >= 11 is 1.54. The van der Waals surface area contributed by atoms with Gasteiger partial charge in [-0.3, -0.25) is 14.6 Å². The maximum absolute atomic E-state index is 12.7. The summed E-state index contributed by atoms with van der Waals surface area (Å²) in [7, 11) is 0. The topological polar surface area (TPSA) is 53.5 Å². The predicted molar refractivity (Wildman–Crippen MR) is 91.6 cm³/mol. The van der Waals surface area contributed by atoms with Crippen molar-refractivity contribution >= 4 is 23.2 Å². The molecule has 0 N–H and O–H groups in total. The van der Waals surface area contributed by atoms with Gasteiger partial charge in [0.1, 0.15) is 0 Å². The molecule has 2 atom stereocenters. The second-order valence-corrected chi connectivity index (χ2v) is 7.13. The van der Waals surface area contributed by atoms with Gasteiger partial charge in [0.15, 0.2) is 0 Å². The second kappa shape index (κ2) is 6.36. The highest BCUT2D eigenvalue weighted by Crippen LogP contribution is 2.33. The van der Waals surface area contributed by atoms with Crippen molar-refractivity contribution in [3.05, 3.63) is 52.5 Å². The van der Waals surface area contributed by atoms with Gasteiger partial charge in [-0.15, -0.1) is 0 Å². The van der Waals surface area contributed by atoms with Crippen LogP contribution in [0.25, 0.3) is 0 Å². The first-order valence-corrected chi connectivity index (χ1v) is 9.20. The van der Waals surface area contributed by atoms with Gasteiger partial charge >= 0.3 is 0 Å². The number of nitrogens with zero attached hydrogens (tertiary/aromatic N) is 3. The van der Waals surface area contributed by atoms with Crippen molar-refractivity contribution in [2.75, 3.05) is 6.54 Å². The second-order valence-electron chi connectivity index (χ2n) is 6.35. The molecule has 0 bridgehead atoms. The standard InChI is InChI=1S/C18H19N3O2S/c22-17-2-1-15-16(21(17)11-13-3-7-19-8-4-13)5-9-20(15)18(23)14-6-10-24-12-14/h3-4,6-8,10,12,15-16H,1-2,5,9,11H2/t15-,16-/m0/s1. The molecule has 0 saturated carbocycles. The minimum atomic E-state index is 0.0990. The van der Waals surface area contributed by atoms with Crippen LogP contribution in [0.3, 0.4) is 0 Å². The summed E-state index contributed by atoms with van der Waals surface area (Å²) in [5, 5.41) is 3.83. The Labute approximate surface area is 144 Å². The first-order chi connectivity index (χ1) is 11.7. The number of likely N-dealkylation sites (tertiary alicyclic amines) is 2. The van der Waals surface area contributed by atoms with Gasteiger partial charge in [0.2, 0.25) is 5.91 Å². The van der Waals surface area contributed by atoms with E-state index in [0.29, 0.717) is 13.0 Å². The van der Waals surface area contributed by atoms with Crippen LogP contribution < -0.4 is 0 Å². The van der Waals surface area contributed by atoms with Crippen LogP contribution in [0, 0.1) is 0 Å². The number of piperidine rings is 1. The fourth-order valence-electron chi connectivity index (χ4n) is 3.84. The average Bonchev–Trinajstić information content (AvgIpc) is 3.27. The molecule has 2 aromatic rings. The van der Waals surface area contributed by atoms with Crippen LogP contribution in [0.15, 0.2) is 41.4 Å². The number of hydrogen-bond donors (Lipinski definition) is 0. The molecule has 0 aromatic carbocycles. The minimum Gasteiger partial charge on any atom is -0.333 e. The number of amides is 2. The lowest BCUT2D eigenvalue weighted by atomic mass is 9.95. The molecule has 5 nitrogen and oxygen atoms in total. The smallest absolute Gasteiger partial charge is 0.255 e. The van der Waals surface area contributed by atoms with E-state index in [0.717, 1.165) is 30.5 Å². The van der Waals surface area contributed by atoms with Crippen molar-refractivity contribution in [2.24, 2.45) is 0 Å². The molecule has 4 rings (SSSR count). The summed E-state index contributed by atoms with van der Waals surface area (Å²) in [6.07, 6.45) is 5.65. The Morgan fingerprint density at radius 1 is 1.21 bits per heavy atom. The predicted octanol–water partition coefficient (Wildman–Crippen LogP) is 2.55. The monoisotopic (exact) mass is 341 g/mol. The van der Waals surface area contributed by atoms with Gasteiger partial charge in [0.25, 0.3) is 5.91 Å². The molecular formula is C18H19N3O2S. The normalized spacial score (nSPS) is 23.4. The van der Waals surface area contributed by atoms with E-state index in [1.807, 2.05) is 38.8 Å². The number of thiophene rings is 1. The Hall–Kier alpha value is -2.21. The number of carbonyl (C=O) groups excluding carboxylic acids is 2. The van der Waals surface area contributed by atoms with E-state index in [1.165, 1.54) is 0 Å². The Morgan fingerprint density at radius 2 is 2.04 bits per heavy atom. The summed E-state index contributed by atoms with van der Waals surface area (Å²) in [6, 6.07) is 6.03. The maximum Gasteiger partial charge on any atom is 0.255 e. The first kappa shape index (κ1) is 15.3. The molecule has 124 valence electrons. The third kappa shape index (κ3) is 2.71. The zero-order valence-electron chi connectivity index (χ0n) is 13.3. The lowest BCUT2D eigenvalue weighted by Crippen LogP contribution is -2.52. The molecule has 6 heteroatoms. The lowest BCUT2D eigenvalue weighted by molar-refractivity contribution is -0.138. The number of hydrogen-bond acceptors (Lipinski definition) is 4. The summed E-state index contributed by atoms with van der Waals surface area (Å²) < 4.78 is 0. The van der Waals surface area contributed by atoms with Crippen molar-refractivity contribution in [2.45, 2.75) is 37.9 Å². The van der Waals surface area contributed by atoms with Crippen molar-refractivity contribution < 1.29 is 9.59 Å². The van der Waals surface area contributed by atoms with Crippen molar-refractivity contribution in [1.82, 2.24) is 14.8 Å². The van der Waals surface area contributed by atoms with Crippen molar-refractivity contribution in [1.29, 1.82) is 0 Å². The number of carbonyl (C=O) groups is 2. The molecule has 0 spiro atoms. The first-order valence-electron chi connectivity index (χ1n) is 8.25. The maximum atomic E-state index is 12.7. The summed E-state index contributed by atoms with van der Waals surface area (Å²) in [6.45, 7) is 1.33. The Kier molecular flexibility index (Phi) is 4.06. The molecule has 2 aliphatic rings. The summed E-state index contributed by atoms with van der Waals surface area (Å²) in [4.78, 5) is 33.2. The third-order valence-electron chi connectivity index (χ3n) is 5.02. The molecule has 2 saturated heterocycles. The minimum absolute atomic E-state index is 0.0990. The third-order valence-corrected chi connectivity index (χ3v) is 5.70. The molecule has 2 aromatic heterocycles. The van der Waals surface area contributed by atoms with Crippen LogP contribution in [0.4, 0.5) is 0 Å². The number of fused-ring (bicyclic) bond motifs is 1. The van der Waals surface area contributed by atoms with Gasteiger partial charge in [-0.25, -0.2) is 0 Å². The molecule has 2 amide bonds. The van der Waals surface area contributed by atoms with Crippen LogP contribution in [-0.2, 0) is 11.3 Å². The quantitative estimate of drug-likeness (QED) is 0.862. The van der Waals surface area contributed by atoms with Crippen molar-refractivity contribution in [3.8, 4) is 0 Å². The number of pyridine rings is 1. The fourth-order valence-corrected chi connectivity index (χ4v) is 4.47. The molecular weight excluding hydrogens is 322 g/mol. The van der Waals surface area contributed by atoms with Crippen LogP contribution in [0.1, 0.15) is 35.2 Å². The van der Waals surface area contributed by atoms with Crippen LogP contribution in [0.5, 0.6) is 0 Å². The summed E-state index contributed by atoms with van der Waals surface area (Å²) in [5.41, 5.74) is 1.85. The zero-order chi connectivity index (χ0) is 16.5. The van der Waals surface area contributed by atoms with Gasteiger partial charge in [0, 0.05) is 37.3 Å². The van der Waals surface area contributed by atoms with E-state index >= 15 is 0 Å². The van der Waals surface area contributed by atoms with E-state index in [-0.39, 0.29) is 23.9 Å². The molecule has 0 radical (unpaired) electrons.